The van der Waals surface area contributed by atoms with Crippen molar-refractivity contribution >= 4 is 29.0 Å². The first-order chi connectivity index (χ1) is 12.5. The fraction of sp³-hybridized carbons (Fsp3) is 0.316. The lowest BCUT2D eigenvalue weighted by molar-refractivity contribution is 0.188. The van der Waals surface area contributed by atoms with Gasteiger partial charge in [0.1, 0.15) is 23.4 Å². The van der Waals surface area contributed by atoms with Gasteiger partial charge in [0.15, 0.2) is 0 Å². The van der Waals surface area contributed by atoms with Crippen molar-refractivity contribution in [3.8, 4) is 17.2 Å². The SMILES string of the molecule is CCC1CN(C(=O)Nc2cc(OC)ccc2OC)c2cc(Cl)ccc2O1. The highest BCUT2D eigenvalue weighted by molar-refractivity contribution is 6.31. The summed E-state index contributed by atoms with van der Waals surface area (Å²) in [6.07, 6.45) is 0.704. The molecule has 1 unspecified atom stereocenters. The van der Waals surface area contributed by atoms with Crippen LogP contribution in [0.4, 0.5) is 16.2 Å². The van der Waals surface area contributed by atoms with E-state index in [-0.39, 0.29) is 12.1 Å². The molecule has 1 aliphatic heterocycles. The number of nitrogens with one attached hydrogen (secondary N) is 1. The summed E-state index contributed by atoms with van der Waals surface area (Å²) in [5, 5.41) is 3.44. The van der Waals surface area contributed by atoms with Gasteiger partial charge in [0, 0.05) is 11.1 Å². The van der Waals surface area contributed by atoms with Gasteiger partial charge < -0.3 is 19.5 Å². The molecule has 26 heavy (non-hydrogen) atoms. The van der Waals surface area contributed by atoms with Crippen LogP contribution in [0.25, 0.3) is 0 Å². The number of fused-ring (bicyclic) bond motifs is 1. The molecule has 0 saturated heterocycles. The summed E-state index contributed by atoms with van der Waals surface area (Å²) in [6.45, 7) is 2.45. The van der Waals surface area contributed by atoms with Gasteiger partial charge in [-0.3, -0.25) is 4.90 Å². The lowest BCUT2D eigenvalue weighted by Crippen LogP contribution is -2.45. The zero-order valence-electron chi connectivity index (χ0n) is 14.9. The number of hydrogen-bond acceptors (Lipinski definition) is 4. The van der Waals surface area contributed by atoms with Crippen molar-refractivity contribution in [1.82, 2.24) is 0 Å². The van der Waals surface area contributed by atoms with Crippen LogP contribution in [0.5, 0.6) is 17.2 Å². The van der Waals surface area contributed by atoms with Gasteiger partial charge in [-0.2, -0.15) is 0 Å². The molecule has 3 rings (SSSR count). The van der Waals surface area contributed by atoms with Crippen LogP contribution in [-0.2, 0) is 0 Å². The lowest BCUT2D eigenvalue weighted by Gasteiger charge is -2.34. The molecule has 0 aromatic heterocycles. The van der Waals surface area contributed by atoms with Gasteiger partial charge in [-0.15, -0.1) is 0 Å². The Morgan fingerprint density at radius 3 is 2.77 bits per heavy atom. The van der Waals surface area contributed by atoms with Crippen molar-refractivity contribution < 1.29 is 19.0 Å². The van der Waals surface area contributed by atoms with Crippen LogP contribution in [0, 0.1) is 0 Å². The van der Waals surface area contributed by atoms with E-state index in [4.69, 9.17) is 25.8 Å². The zero-order chi connectivity index (χ0) is 18.7. The topological polar surface area (TPSA) is 60.0 Å². The molecule has 1 atom stereocenters. The van der Waals surface area contributed by atoms with E-state index in [0.717, 1.165) is 6.42 Å². The average molecular weight is 377 g/mol. The van der Waals surface area contributed by atoms with E-state index >= 15 is 0 Å². The molecular formula is C19H21ClN2O4. The first kappa shape index (κ1) is 18.2. The summed E-state index contributed by atoms with van der Waals surface area (Å²) in [4.78, 5) is 14.6. The number of rotatable bonds is 4. The zero-order valence-corrected chi connectivity index (χ0v) is 15.7. The molecule has 138 valence electrons. The van der Waals surface area contributed by atoms with E-state index in [1.54, 1.807) is 55.5 Å². The van der Waals surface area contributed by atoms with Crippen molar-refractivity contribution in [2.75, 3.05) is 31.0 Å². The highest BCUT2D eigenvalue weighted by Crippen LogP contribution is 2.37. The largest absolute Gasteiger partial charge is 0.497 e. The van der Waals surface area contributed by atoms with Gasteiger partial charge >= 0.3 is 6.03 Å². The van der Waals surface area contributed by atoms with Crippen LogP contribution >= 0.6 is 11.6 Å². The highest BCUT2D eigenvalue weighted by atomic mass is 35.5. The Morgan fingerprint density at radius 1 is 1.27 bits per heavy atom. The minimum Gasteiger partial charge on any atom is -0.497 e. The second kappa shape index (κ2) is 7.74. The molecule has 1 aliphatic rings. The Morgan fingerprint density at radius 2 is 2.08 bits per heavy atom. The standard InChI is InChI=1S/C19H21ClN2O4/c1-4-13-11-22(16-9-12(20)5-7-18(16)26-13)19(23)21-15-10-14(24-2)6-8-17(15)25-3/h5-10,13H,4,11H2,1-3H3,(H,21,23). The minimum absolute atomic E-state index is 0.0818. The van der Waals surface area contributed by atoms with E-state index in [1.807, 2.05) is 6.92 Å². The lowest BCUT2D eigenvalue weighted by atomic mass is 10.1. The summed E-state index contributed by atoms with van der Waals surface area (Å²) < 4.78 is 16.5. The van der Waals surface area contributed by atoms with Gasteiger partial charge in [0.2, 0.25) is 0 Å². The van der Waals surface area contributed by atoms with E-state index < -0.39 is 0 Å². The molecule has 2 aromatic carbocycles. The Balaban J connectivity index is 1.91. The van der Waals surface area contributed by atoms with E-state index in [1.165, 1.54) is 0 Å². The monoisotopic (exact) mass is 376 g/mol. The van der Waals surface area contributed by atoms with E-state index in [0.29, 0.717) is 40.2 Å². The molecule has 1 N–H and O–H groups in total. The Kier molecular flexibility index (Phi) is 5.42. The number of carbonyl (C=O) groups excluding carboxylic acids is 1. The number of urea groups is 1. The third-order valence-electron chi connectivity index (χ3n) is 4.24. The van der Waals surface area contributed by atoms with Gasteiger partial charge in [-0.25, -0.2) is 4.79 Å². The Bertz CT molecular complexity index is 812. The first-order valence-electron chi connectivity index (χ1n) is 8.32. The van der Waals surface area contributed by atoms with E-state index in [9.17, 15) is 4.79 Å². The normalized spacial score (nSPS) is 15.7. The number of carbonyl (C=O) groups is 1. The van der Waals surface area contributed by atoms with E-state index in [2.05, 4.69) is 5.32 Å². The van der Waals surface area contributed by atoms with Crippen LogP contribution < -0.4 is 24.4 Å². The number of nitrogens with zero attached hydrogens (tertiary/aromatic N) is 1. The fourth-order valence-electron chi connectivity index (χ4n) is 2.82. The molecule has 0 saturated carbocycles. The van der Waals surface area contributed by atoms with Gasteiger partial charge in [-0.05, 0) is 36.8 Å². The molecule has 6 nitrogen and oxygen atoms in total. The Labute approximate surface area is 157 Å². The Hall–Kier alpha value is -2.60. The molecular weight excluding hydrogens is 356 g/mol. The first-order valence-corrected chi connectivity index (χ1v) is 8.70. The summed E-state index contributed by atoms with van der Waals surface area (Å²) >= 11 is 6.11. The number of benzene rings is 2. The van der Waals surface area contributed by atoms with Crippen molar-refractivity contribution in [1.29, 1.82) is 0 Å². The molecule has 0 radical (unpaired) electrons. The maximum Gasteiger partial charge on any atom is 0.326 e. The molecule has 7 heteroatoms. The van der Waals surface area contributed by atoms with Crippen LogP contribution in [0.1, 0.15) is 13.3 Å². The number of methoxy groups -OCH3 is 2. The van der Waals surface area contributed by atoms with Crippen LogP contribution in [0.2, 0.25) is 5.02 Å². The molecule has 1 heterocycles. The second-order valence-corrected chi connectivity index (χ2v) is 6.30. The molecule has 0 bridgehead atoms. The van der Waals surface area contributed by atoms with Gasteiger partial charge in [-0.1, -0.05) is 18.5 Å². The summed E-state index contributed by atoms with van der Waals surface area (Å²) in [5.74, 6) is 1.81. The summed E-state index contributed by atoms with van der Waals surface area (Å²) in [6, 6.07) is 10.2. The van der Waals surface area contributed by atoms with Gasteiger partial charge in [0.05, 0.1) is 32.1 Å². The summed E-state index contributed by atoms with van der Waals surface area (Å²) in [7, 11) is 3.12. The maximum atomic E-state index is 13.0. The van der Waals surface area contributed by atoms with Crippen molar-refractivity contribution in [3.05, 3.63) is 41.4 Å². The van der Waals surface area contributed by atoms with Gasteiger partial charge in [0.25, 0.3) is 0 Å². The average Bonchev–Trinajstić information content (AvgIpc) is 2.66. The predicted molar refractivity (Wildman–Crippen MR) is 102 cm³/mol. The maximum absolute atomic E-state index is 13.0. The quantitative estimate of drug-likeness (QED) is 0.849. The number of anilines is 2. The van der Waals surface area contributed by atoms with Crippen LogP contribution in [-0.4, -0.2) is 32.9 Å². The molecule has 0 spiro atoms. The molecule has 2 aromatic rings. The number of hydrogen-bond donors (Lipinski definition) is 1. The number of amides is 2. The van der Waals surface area contributed by atoms with Crippen LogP contribution in [0.15, 0.2) is 36.4 Å². The second-order valence-electron chi connectivity index (χ2n) is 5.87. The number of ether oxygens (including phenoxy) is 3. The smallest absolute Gasteiger partial charge is 0.326 e. The molecule has 0 aliphatic carbocycles. The van der Waals surface area contributed by atoms with Crippen molar-refractivity contribution in [2.45, 2.75) is 19.4 Å². The third-order valence-corrected chi connectivity index (χ3v) is 4.48. The molecule has 2 amide bonds. The number of halogens is 1. The predicted octanol–water partition coefficient (Wildman–Crippen LogP) is 4.57. The minimum atomic E-state index is -0.290. The fourth-order valence-corrected chi connectivity index (χ4v) is 2.99. The molecule has 0 fully saturated rings. The van der Waals surface area contributed by atoms with Crippen molar-refractivity contribution in [2.24, 2.45) is 0 Å². The summed E-state index contributed by atoms with van der Waals surface area (Å²) in [5.41, 5.74) is 1.17. The van der Waals surface area contributed by atoms with Crippen molar-refractivity contribution in [3.63, 3.8) is 0 Å². The van der Waals surface area contributed by atoms with Crippen LogP contribution in [0.3, 0.4) is 0 Å². The third kappa shape index (κ3) is 3.65. The highest BCUT2D eigenvalue weighted by Gasteiger charge is 2.29.